The van der Waals surface area contributed by atoms with Gasteiger partial charge in [-0.3, -0.25) is 0 Å². The zero-order valence-corrected chi connectivity index (χ0v) is 11.6. The van der Waals surface area contributed by atoms with Crippen molar-refractivity contribution >= 4 is 34.4 Å². The van der Waals surface area contributed by atoms with Crippen LogP contribution in [0.15, 0.2) is 35.7 Å². The van der Waals surface area contributed by atoms with E-state index in [-0.39, 0.29) is 6.10 Å². The predicted molar refractivity (Wildman–Crippen MR) is 80.2 cm³/mol. The van der Waals surface area contributed by atoms with E-state index in [1.54, 1.807) is 11.3 Å². The number of thiophene rings is 1. The molecule has 18 heavy (non-hydrogen) atoms. The summed E-state index contributed by atoms with van der Waals surface area (Å²) in [4.78, 5) is 1.29. The number of nitrogens with one attached hydrogen (secondary N) is 1. The number of anilines is 1. The van der Waals surface area contributed by atoms with Gasteiger partial charge in [-0.1, -0.05) is 18.2 Å². The number of benzene rings is 1. The maximum Gasteiger partial charge on any atom is 0.261 e. The van der Waals surface area contributed by atoms with E-state index in [2.05, 4.69) is 41.0 Å². The van der Waals surface area contributed by atoms with Crippen molar-refractivity contribution in [1.29, 1.82) is 0 Å². The molecule has 1 atom stereocenters. The Balaban J connectivity index is 2.13. The summed E-state index contributed by atoms with van der Waals surface area (Å²) >= 11 is 6.91. The molecule has 0 saturated carbocycles. The van der Waals surface area contributed by atoms with E-state index in [9.17, 15) is 0 Å². The van der Waals surface area contributed by atoms with Gasteiger partial charge in [0, 0.05) is 17.0 Å². The Morgan fingerprint density at radius 3 is 3.00 bits per heavy atom. The molecule has 2 nitrogen and oxygen atoms in total. The Morgan fingerprint density at radius 2 is 2.22 bits per heavy atom. The molecule has 4 heteroatoms. The zero-order chi connectivity index (χ0) is 12.5. The average Bonchev–Trinajstić information content (AvgIpc) is 2.79. The number of ether oxygens (including phenoxy) is 1. The lowest BCUT2D eigenvalue weighted by Gasteiger charge is -2.12. The van der Waals surface area contributed by atoms with Crippen LogP contribution < -0.4 is 5.32 Å². The van der Waals surface area contributed by atoms with Crippen molar-refractivity contribution in [1.82, 2.24) is 0 Å². The van der Waals surface area contributed by atoms with Crippen molar-refractivity contribution in [3.63, 3.8) is 0 Å². The van der Waals surface area contributed by atoms with Crippen LogP contribution in [0, 0.1) is 0 Å². The van der Waals surface area contributed by atoms with Crippen molar-refractivity contribution < 1.29 is 4.74 Å². The fourth-order valence-electron chi connectivity index (χ4n) is 2.24. The average molecular weight is 275 g/mol. The minimum absolute atomic E-state index is 0.104. The summed E-state index contributed by atoms with van der Waals surface area (Å²) in [6.07, 6.45) is 0.976. The van der Waals surface area contributed by atoms with Crippen LogP contribution in [0.5, 0.6) is 0 Å². The van der Waals surface area contributed by atoms with Crippen LogP contribution in [-0.2, 0) is 11.2 Å². The topological polar surface area (TPSA) is 21.3 Å². The predicted octanol–water partition coefficient (Wildman–Crippen LogP) is 4.07. The standard InChI is InChI=1S/C14H13NOS2/c1-9-8-11-10(13-6-3-7-18-13)4-2-5-12(11)15-14(17)16-9/h2-7,9H,8H2,1H3,(H,15,17). The molecule has 0 saturated heterocycles. The third kappa shape index (κ3) is 2.13. The van der Waals surface area contributed by atoms with Crippen LogP contribution in [0.1, 0.15) is 12.5 Å². The van der Waals surface area contributed by atoms with Crippen LogP contribution in [0.3, 0.4) is 0 Å². The fourth-order valence-corrected chi connectivity index (χ4v) is 3.29. The van der Waals surface area contributed by atoms with Crippen LogP contribution >= 0.6 is 23.6 Å². The number of rotatable bonds is 1. The van der Waals surface area contributed by atoms with Crippen LogP contribution in [0.2, 0.25) is 0 Å². The summed E-state index contributed by atoms with van der Waals surface area (Å²) in [5, 5.41) is 5.73. The number of hydrogen-bond acceptors (Lipinski definition) is 3. The van der Waals surface area contributed by atoms with Crippen molar-refractivity contribution in [2.24, 2.45) is 0 Å². The molecular formula is C14H13NOS2. The second-order valence-electron chi connectivity index (χ2n) is 4.35. The molecule has 0 aliphatic carbocycles. The van der Waals surface area contributed by atoms with E-state index in [1.165, 1.54) is 16.0 Å². The molecule has 1 aromatic heterocycles. The number of thiocarbonyl (C=S) groups is 1. The van der Waals surface area contributed by atoms with Gasteiger partial charge in [0.05, 0.1) is 0 Å². The van der Waals surface area contributed by atoms with E-state index < -0.39 is 0 Å². The van der Waals surface area contributed by atoms with E-state index in [0.29, 0.717) is 5.17 Å². The van der Waals surface area contributed by atoms with Crippen molar-refractivity contribution in [2.45, 2.75) is 19.4 Å². The van der Waals surface area contributed by atoms with Crippen molar-refractivity contribution in [3.05, 3.63) is 41.3 Å². The summed E-state index contributed by atoms with van der Waals surface area (Å²) in [6, 6.07) is 10.5. The van der Waals surface area contributed by atoms with Gasteiger partial charge in [-0.25, -0.2) is 0 Å². The number of hydrogen-bond donors (Lipinski definition) is 1. The molecule has 1 aromatic carbocycles. The summed E-state index contributed by atoms with van der Waals surface area (Å²) in [7, 11) is 0. The second kappa shape index (κ2) is 4.71. The summed E-state index contributed by atoms with van der Waals surface area (Å²) in [5.74, 6) is 0. The maximum absolute atomic E-state index is 5.59. The molecule has 0 fully saturated rings. The summed E-state index contributed by atoms with van der Waals surface area (Å²) in [5.41, 5.74) is 3.62. The molecule has 0 bridgehead atoms. The minimum atomic E-state index is 0.104. The molecule has 92 valence electrons. The van der Waals surface area contributed by atoms with Gasteiger partial charge in [0.1, 0.15) is 6.10 Å². The highest BCUT2D eigenvalue weighted by atomic mass is 32.1. The Labute approximate surface area is 116 Å². The molecule has 1 aliphatic heterocycles. The van der Waals surface area contributed by atoms with E-state index >= 15 is 0 Å². The third-order valence-corrected chi connectivity index (χ3v) is 4.10. The zero-order valence-electron chi connectivity index (χ0n) is 9.97. The highest BCUT2D eigenvalue weighted by molar-refractivity contribution is 7.80. The Bertz CT molecular complexity index is 577. The largest absolute Gasteiger partial charge is 0.467 e. The van der Waals surface area contributed by atoms with Gasteiger partial charge >= 0.3 is 0 Å². The minimum Gasteiger partial charge on any atom is -0.467 e. The van der Waals surface area contributed by atoms with Crippen LogP contribution in [0.25, 0.3) is 10.4 Å². The first-order valence-electron chi connectivity index (χ1n) is 5.87. The highest BCUT2D eigenvalue weighted by Crippen LogP contribution is 2.34. The van der Waals surface area contributed by atoms with Crippen LogP contribution in [-0.4, -0.2) is 11.3 Å². The molecule has 0 spiro atoms. The normalized spacial score (nSPS) is 18.5. The van der Waals surface area contributed by atoms with Gasteiger partial charge in [-0.15, -0.1) is 11.3 Å². The second-order valence-corrected chi connectivity index (χ2v) is 5.67. The molecular weight excluding hydrogens is 262 g/mol. The number of fused-ring (bicyclic) bond motifs is 1. The lowest BCUT2D eigenvalue weighted by Crippen LogP contribution is -2.16. The lowest BCUT2D eigenvalue weighted by molar-refractivity contribution is 0.217. The van der Waals surface area contributed by atoms with Gasteiger partial charge in [0.2, 0.25) is 0 Å². The van der Waals surface area contributed by atoms with E-state index in [0.717, 1.165) is 12.1 Å². The monoisotopic (exact) mass is 275 g/mol. The van der Waals surface area contributed by atoms with Crippen molar-refractivity contribution in [3.8, 4) is 10.4 Å². The quantitative estimate of drug-likeness (QED) is 0.793. The Morgan fingerprint density at radius 1 is 1.33 bits per heavy atom. The first-order valence-corrected chi connectivity index (χ1v) is 7.16. The SMILES string of the molecule is CC1Cc2c(cccc2-c2cccs2)NC(=S)O1. The molecule has 0 amide bonds. The van der Waals surface area contributed by atoms with Crippen LogP contribution in [0.4, 0.5) is 5.69 Å². The third-order valence-electron chi connectivity index (χ3n) is 3.00. The van der Waals surface area contributed by atoms with Gasteiger partial charge < -0.3 is 10.1 Å². The van der Waals surface area contributed by atoms with Crippen molar-refractivity contribution in [2.75, 3.05) is 5.32 Å². The highest BCUT2D eigenvalue weighted by Gasteiger charge is 2.20. The Kier molecular flexibility index (Phi) is 3.06. The van der Waals surface area contributed by atoms with E-state index in [1.807, 2.05) is 6.92 Å². The Hall–Kier alpha value is -1.39. The summed E-state index contributed by atoms with van der Waals surface area (Å²) in [6.45, 7) is 2.05. The molecule has 1 N–H and O–H groups in total. The molecule has 1 aliphatic rings. The first-order chi connectivity index (χ1) is 8.74. The van der Waals surface area contributed by atoms with Gasteiger partial charge in [0.25, 0.3) is 5.17 Å². The molecule has 0 radical (unpaired) electrons. The van der Waals surface area contributed by atoms with Gasteiger partial charge in [-0.2, -0.15) is 0 Å². The summed E-state index contributed by atoms with van der Waals surface area (Å²) < 4.78 is 5.59. The molecule has 2 heterocycles. The fraction of sp³-hybridized carbons (Fsp3) is 0.214. The van der Waals surface area contributed by atoms with E-state index in [4.69, 9.17) is 17.0 Å². The molecule has 1 unspecified atom stereocenters. The smallest absolute Gasteiger partial charge is 0.261 e. The molecule has 3 rings (SSSR count). The first kappa shape index (κ1) is 11.7. The molecule has 2 aromatic rings. The maximum atomic E-state index is 5.59. The van der Waals surface area contributed by atoms with Gasteiger partial charge in [-0.05, 0) is 47.8 Å². The lowest BCUT2D eigenvalue weighted by atomic mass is 9.99. The van der Waals surface area contributed by atoms with Gasteiger partial charge in [0.15, 0.2) is 0 Å².